The minimum atomic E-state index is -0.807. The molecule has 1 fully saturated rings. The number of carbonyl (C=O) groups excluding carboxylic acids is 1. The zero-order valence-electron chi connectivity index (χ0n) is 13.6. The molecule has 0 unspecified atom stereocenters. The lowest BCUT2D eigenvalue weighted by atomic mass is 9.94. The van der Waals surface area contributed by atoms with E-state index in [1.165, 1.54) is 0 Å². The molecule has 1 aromatic carbocycles. The van der Waals surface area contributed by atoms with Gasteiger partial charge >= 0.3 is 5.97 Å². The van der Waals surface area contributed by atoms with Gasteiger partial charge in [0.2, 0.25) is 5.91 Å². The van der Waals surface area contributed by atoms with Gasteiger partial charge in [0, 0.05) is 6.04 Å². The lowest BCUT2D eigenvalue weighted by Gasteiger charge is -2.22. The number of carboxylic acid groups (broad SMARTS) is 1. The Morgan fingerprint density at radius 2 is 1.87 bits per heavy atom. The molecule has 5 heteroatoms. The average Bonchev–Trinajstić information content (AvgIpc) is 2.75. The highest BCUT2D eigenvalue weighted by atomic mass is 16.5. The third kappa shape index (κ3) is 5.27. The minimum Gasteiger partial charge on any atom is -0.494 e. The lowest BCUT2D eigenvalue weighted by molar-refractivity contribution is -0.143. The Bertz CT molecular complexity index is 526. The van der Waals surface area contributed by atoms with E-state index in [2.05, 4.69) is 5.32 Å². The molecule has 1 saturated carbocycles. The summed E-state index contributed by atoms with van der Waals surface area (Å²) in [4.78, 5) is 23.6. The summed E-state index contributed by atoms with van der Waals surface area (Å²) in [6.07, 6.45) is 4.57. The SMILES string of the molecule is CCOc1ccc(CC(=O)N[C@H]2CCCCC[C@H]2C(=O)O)cc1. The van der Waals surface area contributed by atoms with Crippen molar-refractivity contribution < 1.29 is 19.4 Å². The highest BCUT2D eigenvalue weighted by Crippen LogP contribution is 2.24. The fourth-order valence-electron chi connectivity index (χ4n) is 3.09. The molecule has 2 N–H and O–H groups in total. The van der Waals surface area contributed by atoms with E-state index in [9.17, 15) is 14.7 Å². The smallest absolute Gasteiger partial charge is 0.308 e. The van der Waals surface area contributed by atoms with Gasteiger partial charge in [-0.2, -0.15) is 0 Å². The first-order valence-electron chi connectivity index (χ1n) is 8.34. The summed E-state index contributed by atoms with van der Waals surface area (Å²) in [6.45, 7) is 2.53. The van der Waals surface area contributed by atoms with Crippen LogP contribution in [0.5, 0.6) is 5.75 Å². The second-order valence-electron chi connectivity index (χ2n) is 6.01. The number of carbonyl (C=O) groups is 2. The van der Waals surface area contributed by atoms with Gasteiger partial charge in [0.15, 0.2) is 0 Å². The molecule has 1 aliphatic rings. The molecule has 1 aliphatic carbocycles. The predicted octanol–water partition coefficient (Wildman–Crippen LogP) is 2.78. The van der Waals surface area contributed by atoms with Crippen molar-refractivity contribution in [2.24, 2.45) is 5.92 Å². The third-order valence-electron chi connectivity index (χ3n) is 4.28. The number of hydrogen-bond donors (Lipinski definition) is 2. The third-order valence-corrected chi connectivity index (χ3v) is 4.28. The molecule has 0 radical (unpaired) electrons. The molecule has 2 rings (SSSR count). The number of nitrogens with one attached hydrogen (secondary N) is 1. The summed E-state index contributed by atoms with van der Waals surface area (Å²) >= 11 is 0. The van der Waals surface area contributed by atoms with Crippen LogP contribution < -0.4 is 10.1 Å². The van der Waals surface area contributed by atoms with Crippen molar-refractivity contribution in [2.45, 2.75) is 51.5 Å². The van der Waals surface area contributed by atoms with Crippen LogP contribution in [0.4, 0.5) is 0 Å². The van der Waals surface area contributed by atoms with Crippen LogP contribution in [-0.4, -0.2) is 29.6 Å². The quantitative estimate of drug-likeness (QED) is 0.791. The molecule has 2 atom stereocenters. The fourth-order valence-corrected chi connectivity index (χ4v) is 3.09. The monoisotopic (exact) mass is 319 g/mol. The summed E-state index contributed by atoms with van der Waals surface area (Å²) in [5.41, 5.74) is 0.895. The first-order chi connectivity index (χ1) is 11.1. The molecule has 0 aliphatic heterocycles. The van der Waals surface area contributed by atoms with E-state index < -0.39 is 11.9 Å². The fraction of sp³-hybridized carbons (Fsp3) is 0.556. The highest BCUT2D eigenvalue weighted by Gasteiger charge is 2.30. The summed E-state index contributed by atoms with van der Waals surface area (Å²) in [6, 6.07) is 7.17. The number of carboxylic acids is 1. The highest BCUT2D eigenvalue weighted by molar-refractivity contribution is 5.80. The summed E-state index contributed by atoms with van der Waals surface area (Å²) in [5, 5.41) is 12.3. The Kier molecular flexibility index (Phi) is 6.44. The second kappa shape index (κ2) is 8.56. The number of benzene rings is 1. The Balaban J connectivity index is 1.93. The molecule has 0 bridgehead atoms. The zero-order valence-corrected chi connectivity index (χ0v) is 13.6. The van der Waals surface area contributed by atoms with E-state index in [1.807, 2.05) is 31.2 Å². The molecule has 23 heavy (non-hydrogen) atoms. The standard InChI is InChI=1S/C18H25NO4/c1-2-23-14-10-8-13(9-11-14)12-17(20)19-16-7-5-3-4-6-15(16)18(21)22/h8-11,15-16H,2-7,12H2,1H3,(H,19,20)(H,21,22)/t15-,16+/m1/s1. The number of aliphatic carboxylic acids is 1. The maximum absolute atomic E-state index is 12.2. The van der Waals surface area contributed by atoms with Gasteiger partial charge in [-0.1, -0.05) is 31.4 Å². The molecule has 0 saturated heterocycles. The van der Waals surface area contributed by atoms with Crippen LogP contribution >= 0.6 is 0 Å². The Morgan fingerprint density at radius 3 is 2.52 bits per heavy atom. The number of ether oxygens (including phenoxy) is 1. The zero-order chi connectivity index (χ0) is 16.7. The van der Waals surface area contributed by atoms with Crippen LogP contribution in [0.2, 0.25) is 0 Å². The van der Waals surface area contributed by atoms with E-state index in [1.54, 1.807) is 0 Å². The van der Waals surface area contributed by atoms with E-state index in [0.717, 1.165) is 37.0 Å². The Morgan fingerprint density at radius 1 is 1.17 bits per heavy atom. The topological polar surface area (TPSA) is 75.6 Å². The molecule has 0 aromatic heterocycles. The maximum atomic E-state index is 12.2. The van der Waals surface area contributed by atoms with E-state index in [0.29, 0.717) is 13.0 Å². The molecule has 0 heterocycles. The van der Waals surface area contributed by atoms with Gasteiger partial charge in [0.1, 0.15) is 5.75 Å². The molecular formula is C18H25NO4. The van der Waals surface area contributed by atoms with Crippen molar-refractivity contribution in [1.82, 2.24) is 5.32 Å². The molecule has 1 amide bonds. The first-order valence-corrected chi connectivity index (χ1v) is 8.34. The number of rotatable bonds is 6. The minimum absolute atomic E-state index is 0.118. The Labute approximate surface area is 137 Å². The van der Waals surface area contributed by atoms with Crippen LogP contribution in [0.15, 0.2) is 24.3 Å². The van der Waals surface area contributed by atoms with Crippen molar-refractivity contribution in [1.29, 1.82) is 0 Å². The molecule has 0 spiro atoms. The van der Waals surface area contributed by atoms with Crippen molar-refractivity contribution >= 4 is 11.9 Å². The van der Waals surface area contributed by atoms with Crippen molar-refractivity contribution in [3.8, 4) is 5.75 Å². The molecular weight excluding hydrogens is 294 g/mol. The van der Waals surface area contributed by atoms with Gasteiger partial charge in [0.25, 0.3) is 0 Å². The lowest BCUT2D eigenvalue weighted by Crippen LogP contribution is -2.43. The van der Waals surface area contributed by atoms with Gasteiger partial charge in [0.05, 0.1) is 18.9 Å². The van der Waals surface area contributed by atoms with Gasteiger partial charge < -0.3 is 15.2 Å². The summed E-state index contributed by atoms with van der Waals surface area (Å²) < 4.78 is 5.38. The van der Waals surface area contributed by atoms with E-state index in [-0.39, 0.29) is 18.4 Å². The van der Waals surface area contributed by atoms with E-state index >= 15 is 0 Å². The molecule has 5 nitrogen and oxygen atoms in total. The van der Waals surface area contributed by atoms with Crippen LogP contribution in [0.1, 0.15) is 44.6 Å². The summed E-state index contributed by atoms with van der Waals surface area (Å²) in [7, 11) is 0. The molecule has 1 aromatic rings. The van der Waals surface area contributed by atoms with E-state index in [4.69, 9.17) is 4.74 Å². The Hall–Kier alpha value is -2.04. The number of hydrogen-bond acceptors (Lipinski definition) is 3. The van der Waals surface area contributed by atoms with Crippen molar-refractivity contribution in [3.05, 3.63) is 29.8 Å². The van der Waals surface area contributed by atoms with Crippen LogP contribution in [-0.2, 0) is 16.0 Å². The van der Waals surface area contributed by atoms with Gasteiger partial charge in [-0.05, 0) is 37.5 Å². The van der Waals surface area contributed by atoms with Crippen molar-refractivity contribution in [2.75, 3.05) is 6.61 Å². The molecule has 126 valence electrons. The van der Waals surface area contributed by atoms with Crippen molar-refractivity contribution in [3.63, 3.8) is 0 Å². The first kappa shape index (κ1) is 17.3. The van der Waals surface area contributed by atoms with Crippen LogP contribution in [0.25, 0.3) is 0 Å². The second-order valence-corrected chi connectivity index (χ2v) is 6.01. The normalized spacial score (nSPS) is 21.3. The largest absolute Gasteiger partial charge is 0.494 e. The number of amides is 1. The van der Waals surface area contributed by atoms with Crippen LogP contribution in [0.3, 0.4) is 0 Å². The summed E-state index contributed by atoms with van der Waals surface area (Å²) in [5.74, 6) is -0.612. The predicted molar refractivity (Wildman–Crippen MR) is 87.5 cm³/mol. The van der Waals surface area contributed by atoms with Crippen LogP contribution in [0, 0.1) is 5.92 Å². The van der Waals surface area contributed by atoms with Gasteiger partial charge in [-0.15, -0.1) is 0 Å². The van der Waals surface area contributed by atoms with Gasteiger partial charge in [-0.3, -0.25) is 9.59 Å². The average molecular weight is 319 g/mol. The maximum Gasteiger partial charge on any atom is 0.308 e. The van der Waals surface area contributed by atoms with Gasteiger partial charge in [-0.25, -0.2) is 0 Å².